The van der Waals surface area contributed by atoms with Crippen LogP contribution in [0.1, 0.15) is 62.2 Å². The number of carbonyl (C=O) groups excluding carboxylic acids is 2. The summed E-state index contributed by atoms with van der Waals surface area (Å²) in [6.45, 7) is 2.14. The lowest BCUT2D eigenvalue weighted by atomic mass is 9.69. The van der Waals surface area contributed by atoms with Gasteiger partial charge in [0, 0.05) is 29.5 Å². The SMILES string of the molecule is CNCc1ccc2c(c1)C(=O)c1c(O)cc3c(c1C2=O)NC1C#CCC#CC(O)C3C1C(C)O. The highest BCUT2D eigenvalue weighted by Crippen LogP contribution is 2.49. The number of aromatic hydroxyl groups is 1. The summed E-state index contributed by atoms with van der Waals surface area (Å²) >= 11 is 0. The summed E-state index contributed by atoms with van der Waals surface area (Å²) in [5.41, 5.74) is 2.12. The summed E-state index contributed by atoms with van der Waals surface area (Å²) in [4.78, 5) is 27.2. The zero-order valence-corrected chi connectivity index (χ0v) is 18.8. The fraction of sp³-hybridized carbons (Fsp3) is 0.333. The molecule has 2 aliphatic carbocycles. The Kier molecular flexibility index (Phi) is 5.42. The van der Waals surface area contributed by atoms with E-state index in [9.17, 15) is 24.9 Å². The van der Waals surface area contributed by atoms with E-state index in [1.165, 1.54) is 6.07 Å². The summed E-state index contributed by atoms with van der Waals surface area (Å²) in [5, 5.41) is 38.8. The van der Waals surface area contributed by atoms with Crippen molar-refractivity contribution < 1.29 is 24.9 Å². The maximum Gasteiger partial charge on any atom is 0.198 e. The summed E-state index contributed by atoms with van der Waals surface area (Å²) in [6.07, 6.45) is -1.76. The van der Waals surface area contributed by atoms with Crippen LogP contribution < -0.4 is 10.6 Å². The highest BCUT2D eigenvalue weighted by molar-refractivity contribution is 6.31. The zero-order valence-electron chi connectivity index (χ0n) is 18.8. The smallest absolute Gasteiger partial charge is 0.198 e. The van der Waals surface area contributed by atoms with E-state index in [1.807, 2.05) is 0 Å². The summed E-state index contributed by atoms with van der Waals surface area (Å²) in [7, 11) is 1.79. The topological polar surface area (TPSA) is 119 Å². The van der Waals surface area contributed by atoms with Gasteiger partial charge in [-0.3, -0.25) is 9.59 Å². The van der Waals surface area contributed by atoms with E-state index in [0.717, 1.165) is 5.56 Å². The van der Waals surface area contributed by atoms with Gasteiger partial charge in [0.05, 0.1) is 35.4 Å². The molecule has 0 amide bonds. The molecule has 34 heavy (non-hydrogen) atoms. The quantitative estimate of drug-likeness (QED) is 0.300. The molecule has 0 saturated carbocycles. The number of fused-ring (bicyclic) bond motifs is 7. The number of phenolic OH excluding ortho intramolecular Hbond substituents is 1. The number of benzene rings is 2. The average molecular weight is 456 g/mol. The number of rotatable bonds is 3. The van der Waals surface area contributed by atoms with Crippen molar-refractivity contribution in [3.8, 4) is 29.4 Å². The summed E-state index contributed by atoms with van der Waals surface area (Å²) < 4.78 is 0. The molecular weight excluding hydrogens is 432 g/mol. The normalized spacial score (nSPS) is 24.9. The van der Waals surface area contributed by atoms with Crippen LogP contribution in [0.3, 0.4) is 0 Å². The van der Waals surface area contributed by atoms with Gasteiger partial charge in [-0.15, -0.1) is 0 Å². The Balaban J connectivity index is 1.75. The number of nitrogens with one attached hydrogen (secondary N) is 2. The molecule has 0 spiro atoms. The fourth-order valence-corrected chi connectivity index (χ4v) is 5.33. The van der Waals surface area contributed by atoms with Crippen molar-refractivity contribution in [2.24, 2.45) is 5.92 Å². The van der Waals surface area contributed by atoms with E-state index in [0.29, 0.717) is 17.8 Å². The molecule has 2 aromatic rings. The van der Waals surface area contributed by atoms with Crippen LogP contribution in [0.15, 0.2) is 24.3 Å². The molecule has 5 atom stereocenters. The Hall–Kier alpha value is -3.62. The predicted molar refractivity (Wildman–Crippen MR) is 126 cm³/mol. The monoisotopic (exact) mass is 456 g/mol. The van der Waals surface area contributed by atoms with Crippen molar-refractivity contribution >= 4 is 17.3 Å². The van der Waals surface area contributed by atoms with Crippen molar-refractivity contribution in [1.29, 1.82) is 0 Å². The number of phenols is 1. The minimum atomic E-state index is -1.16. The third-order valence-electron chi connectivity index (χ3n) is 6.79. The van der Waals surface area contributed by atoms with Gasteiger partial charge in [-0.2, -0.15) is 0 Å². The molecule has 0 fully saturated rings. The lowest BCUT2D eigenvalue weighted by Gasteiger charge is -2.42. The summed E-state index contributed by atoms with van der Waals surface area (Å²) in [6, 6.07) is 5.90. The predicted octanol–water partition coefficient (Wildman–Crippen LogP) is 1.53. The molecule has 0 aromatic heterocycles. The Bertz CT molecular complexity index is 1360. The van der Waals surface area contributed by atoms with Crippen LogP contribution in [0.4, 0.5) is 5.69 Å². The van der Waals surface area contributed by atoms with Gasteiger partial charge < -0.3 is 26.0 Å². The van der Waals surface area contributed by atoms with Crippen LogP contribution in [0.25, 0.3) is 0 Å². The minimum absolute atomic E-state index is 0.0640. The van der Waals surface area contributed by atoms with Crippen LogP contribution in [-0.2, 0) is 6.54 Å². The van der Waals surface area contributed by atoms with E-state index >= 15 is 0 Å². The van der Waals surface area contributed by atoms with Crippen molar-refractivity contribution in [2.45, 2.75) is 44.1 Å². The number of hydrogen-bond acceptors (Lipinski definition) is 7. The molecule has 5 rings (SSSR count). The molecule has 2 aromatic carbocycles. The highest BCUT2D eigenvalue weighted by Gasteiger charge is 2.46. The van der Waals surface area contributed by atoms with Crippen molar-refractivity contribution in [2.75, 3.05) is 12.4 Å². The van der Waals surface area contributed by atoms with Crippen LogP contribution in [0.2, 0.25) is 0 Å². The van der Waals surface area contributed by atoms with Crippen molar-refractivity contribution in [1.82, 2.24) is 5.32 Å². The van der Waals surface area contributed by atoms with E-state index < -0.39 is 41.7 Å². The molecule has 1 aliphatic heterocycles. The second-order valence-electron chi connectivity index (χ2n) is 8.91. The number of carbonyl (C=O) groups is 2. The lowest BCUT2D eigenvalue weighted by molar-refractivity contribution is 0.0646. The second-order valence-corrected chi connectivity index (χ2v) is 8.91. The fourth-order valence-electron chi connectivity index (χ4n) is 5.33. The van der Waals surface area contributed by atoms with Crippen LogP contribution in [-0.4, -0.2) is 52.2 Å². The minimum Gasteiger partial charge on any atom is -0.507 e. The Labute approximate surface area is 197 Å². The number of aliphatic hydroxyl groups is 2. The Morgan fingerprint density at radius 1 is 1.12 bits per heavy atom. The number of ketones is 2. The standard InChI is InChI=1S/C27H24N2O5/c1-13(30)21-18-6-4-3-5-7-19(31)22(21)17-11-20(32)23-24(25(17)29-18)26(33)15-9-8-14(12-28-2)10-16(15)27(23)34/h8-11,13,18-19,21-22,28-32H,3,12H2,1-2H3. The van der Waals surface area contributed by atoms with E-state index in [4.69, 9.17) is 0 Å². The summed E-state index contributed by atoms with van der Waals surface area (Å²) in [5.74, 6) is 9.19. The maximum absolute atomic E-state index is 13.7. The lowest BCUT2D eigenvalue weighted by Crippen LogP contribution is -2.47. The Morgan fingerprint density at radius 3 is 2.59 bits per heavy atom. The molecule has 7 nitrogen and oxygen atoms in total. The Morgan fingerprint density at radius 2 is 1.85 bits per heavy atom. The van der Waals surface area contributed by atoms with Gasteiger partial charge in [-0.25, -0.2) is 0 Å². The third-order valence-corrected chi connectivity index (χ3v) is 6.79. The number of hydrogen-bond donors (Lipinski definition) is 5. The number of anilines is 1. The number of aliphatic hydroxyl groups excluding tert-OH is 2. The molecule has 7 heteroatoms. The first-order valence-electron chi connectivity index (χ1n) is 11.2. The molecule has 5 unspecified atom stereocenters. The third kappa shape index (κ3) is 3.29. The van der Waals surface area contributed by atoms with Gasteiger partial charge in [0.15, 0.2) is 11.6 Å². The molecule has 3 aliphatic rings. The van der Waals surface area contributed by atoms with Gasteiger partial charge in [0.25, 0.3) is 0 Å². The van der Waals surface area contributed by atoms with Gasteiger partial charge in [-0.05, 0) is 43.3 Å². The van der Waals surface area contributed by atoms with Gasteiger partial charge in [0.1, 0.15) is 11.9 Å². The largest absolute Gasteiger partial charge is 0.507 e. The van der Waals surface area contributed by atoms with Crippen LogP contribution in [0.5, 0.6) is 5.75 Å². The van der Waals surface area contributed by atoms with E-state index in [1.54, 1.807) is 32.2 Å². The van der Waals surface area contributed by atoms with Gasteiger partial charge >= 0.3 is 0 Å². The first-order valence-corrected chi connectivity index (χ1v) is 11.2. The molecule has 0 saturated heterocycles. The second kappa shape index (κ2) is 8.30. The first kappa shape index (κ1) is 22.2. The van der Waals surface area contributed by atoms with Gasteiger partial charge in [-0.1, -0.05) is 29.7 Å². The highest BCUT2D eigenvalue weighted by atomic mass is 16.3. The van der Waals surface area contributed by atoms with E-state index in [-0.39, 0.29) is 34.4 Å². The zero-order chi connectivity index (χ0) is 24.1. The molecule has 5 N–H and O–H groups in total. The van der Waals surface area contributed by atoms with Gasteiger partial charge in [0.2, 0.25) is 0 Å². The molecule has 172 valence electrons. The molecule has 0 radical (unpaired) electrons. The van der Waals surface area contributed by atoms with E-state index in [2.05, 4.69) is 34.3 Å². The van der Waals surface area contributed by atoms with Crippen LogP contribution in [0, 0.1) is 29.6 Å². The molecule has 1 heterocycles. The maximum atomic E-state index is 13.7. The first-order chi connectivity index (χ1) is 16.3. The molecular formula is C27H24N2O5. The van der Waals surface area contributed by atoms with Crippen LogP contribution >= 0.6 is 0 Å². The average Bonchev–Trinajstić information content (AvgIpc) is 2.86. The van der Waals surface area contributed by atoms with Crippen molar-refractivity contribution in [3.05, 3.63) is 57.6 Å². The van der Waals surface area contributed by atoms with Crippen molar-refractivity contribution in [3.63, 3.8) is 0 Å². The molecule has 2 bridgehead atoms.